The van der Waals surface area contributed by atoms with Crippen molar-refractivity contribution in [3.63, 3.8) is 0 Å². The molecule has 14 heavy (non-hydrogen) atoms. The van der Waals surface area contributed by atoms with Gasteiger partial charge in [-0.15, -0.1) is 0 Å². The molecule has 0 fully saturated rings. The number of carbonyl (C=O) groups is 3. The van der Waals surface area contributed by atoms with Gasteiger partial charge in [0.2, 0.25) is 0 Å². The number of rotatable bonds is 2. The Morgan fingerprint density at radius 1 is 1.00 bits per heavy atom. The van der Waals surface area contributed by atoms with Crippen LogP contribution in [0, 0.1) is 0 Å². The summed E-state index contributed by atoms with van der Waals surface area (Å²) in [5.41, 5.74) is 0. The first kappa shape index (κ1) is 23.2. The van der Waals surface area contributed by atoms with Gasteiger partial charge in [-0.1, -0.05) is 0 Å². The number of hydrogen-bond acceptors (Lipinski definition) is 3. The zero-order valence-corrected chi connectivity index (χ0v) is 11.3. The van der Waals surface area contributed by atoms with Crippen LogP contribution < -0.4 is 0 Å². The molecule has 0 unspecified atom stereocenters. The molecule has 0 aromatic heterocycles. The van der Waals surface area contributed by atoms with Gasteiger partial charge in [-0.25, -0.2) is 0 Å². The quantitative estimate of drug-likeness (QED) is 0.496. The minimum Gasteiger partial charge on any atom is -0.483 e. The van der Waals surface area contributed by atoms with E-state index in [1.807, 2.05) is 0 Å². The third-order valence-corrected chi connectivity index (χ3v) is 1.72. The average molecular weight is 315 g/mol. The van der Waals surface area contributed by atoms with E-state index in [9.17, 15) is 0 Å². The molecule has 0 aliphatic heterocycles. The van der Waals surface area contributed by atoms with Gasteiger partial charge in [0.05, 0.1) is 0 Å². The van der Waals surface area contributed by atoms with Crippen molar-refractivity contribution in [2.75, 3.05) is 0 Å². The maximum atomic E-state index is 8.36. The molecule has 0 bridgehead atoms. The number of hydrogen-bond donors (Lipinski definition) is 3. The zero-order chi connectivity index (χ0) is 12.2. The fourth-order valence-electron chi connectivity index (χ4n) is 0.204. The molecule has 0 saturated heterocycles. The molecule has 0 aliphatic carbocycles. The summed E-state index contributed by atoms with van der Waals surface area (Å²) < 4.78 is 1.47. The monoisotopic (exact) mass is 316 g/mol. The van der Waals surface area contributed by atoms with Crippen molar-refractivity contribution >= 4 is 41.9 Å². The van der Waals surface area contributed by atoms with Crippen LogP contribution in [0.3, 0.4) is 0 Å². The molecule has 0 rings (SSSR count). The minimum absolute atomic E-state index is 0.250. The first-order valence-corrected chi connectivity index (χ1v) is 5.93. The fourth-order valence-corrected chi connectivity index (χ4v) is 1.37. The van der Waals surface area contributed by atoms with Crippen LogP contribution in [0.25, 0.3) is 0 Å². The topological polar surface area (TPSA) is 112 Å². The van der Waals surface area contributed by atoms with E-state index in [1.165, 1.54) is 39.8 Å². The standard InChI is InChI=1S/C4H9.3CH2O2.Sn.H/c1-3-4-2;3*2-1-3;;/h1,3-4H2,2H3;3*1H,(H,2,3);;. The first-order valence-electron chi connectivity index (χ1n) is 3.60. The van der Waals surface area contributed by atoms with Crippen LogP contribution in [0.2, 0.25) is 4.44 Å². The van der Waals surface area contributed by atoms with Crippen molar-refractivity contribution in [1.29, 1.82) is 0 Å². The Labute approximate surface area is 96.0 Å². The Kier molecular flexibility index (Phi) is 93.8. The van der Waals surface area contributed by atoms with Gasteiger partial charge in [0.25, 0.3) is 19.4 Å². The van der Waals surface area contributed by atoms with Gasteiger partial charge in [0, 0.05) is 0 Å². The molecule has 0 aliphatic rings. The van der Waals surface area contributed by atoms with Gasteiger partial charge in [-0.05, 0) is 0 Å². The minimum atomic E-state index is -0.250. The van der Waals surface area contributed by atoms with Crippen LogP contribution in [-0.4, -0.2) is 57.3 Å². The van der Waals surface area contributed by atoms with Gasteiger partial charge >= 0.3 is 46.7 Å². The van der Waals surface area contributed by atoms with E-state index in [0.717, 1.165) is 0 Å². The van der Waals surface area contributed by atoms with Gasteiger partial charge in [-0.3, -0.25) is 14.4 Å². The summed E-state index contributed by atoms with van der Waals surface area (Å²) in [6.45, 7) is 1.48. The van der Waals surface area contributed by atoms with Gasteiger partial charge in [-0.2, -0.15) is 0 Å². The average Bonchev–Trinajstić information content (AvgIpc) is 2.09. The van der Waals surface area contributed by atoms with Crippen molar-refractivity contribution in [2.24, 2.45) is 0 Å². The normalized spacial score (nSPS) is 5.57. The van der Waals surface area contributed by atoms with Crippen molar-refractivity contribution in [3.05, 3.63) is 0 Å². The van der Waals surface area contributed by atoms with Gasteiger partial charge in [0.1, 0.15) is 0 Å². The SMILES string of the molecule is CCC[CH2][SnH].O=CO.O=CO.O=CO. The summed E-state index contributed by atoms with van der Waals surface area (Å²) in [5, 5.41) is 20.7. The molecule has 6 nitrogen and oxygen atoms in total. The second kappa shape index (κ2) is 56.5. The molecule has 0 aromatic rings. The summed E-state index contributed by atoms with van der Waals surface area (Å²) in [7, 11) is 0. The van der Waals surface area contributed by atoms with E-state index in [2.05, 4.69) is 6.92 Å². The second-order valence-corrected chi connectivity index (χ2v) is 3.11. The maximum absolute atomic E-state index is 8.36. The number of unbranched alkanes of at least 4 members (excludes halogenated alkanes) is 1. The van der Waals surface area contributed by atoms with Crippen LogP contribution in [0.15, 0.2) is 0 Å². The Hall–Kier alpha value is -0.791. The molecule has 0 spiro atoms. The molecule has 0 aromatic carbocycles. The number of carboxylic acid groups (broad SMARTS) is 3. The van der Waals surface area contributed by atoms with Crippen LogP contribution in [0.4, 0.5) is 0 Å². The third-order valence-electron chi connectivity index (χ3n) is 0.558. The van der Waals surface area contributed by atoms with Crippen LogP contribution in [0.5, 0.6) is 0 Å². The molecule has 84 valence electrons. The van der Waals surface area contributed by atoms with Crippen molar-refractivity contribution in [3.8, 4) is 0 Å². The van der Waals surface area contributed by atoms with E-state index < -0.39 is 0 Å². The Balaban J connectivity index is -0.0000000495. The van der Waals surface area contributed by atoms with E-state index in [-0.39, 0.29) is 19.4 Å². The van der Waals surface area contributed by atoms with E-state index in [4.69, 9.17) is 29.7 Å². The van der Waals surface area contributed by atoms with Crippen LogP contribution in [-0.2, 0) is 14.4 Å². The largest absolute Gasteiger partial charge is 0.483 e. The summed E-state index contributed by atoms with van der Waals surface area (Å²) in [4.78, 5) is 25.1. The molecule has 0 heterocycles. The molecule has 0 atom stereocenters. The van der Waals surface area contributed by atoms with Gasteiger partial charge < -0.3 is 15.3 Å². The van der Waals surface area contributed by atoms with Crippen molar-refractivity contribution in [1.82, 2.24) is 0 Å². The van der Waals surface area contributed by atoms with Crippen molar-refractivity contribution < 1.29 is 29.7 Å². The Morgan fingerprint density at radius 3 is 1.21 bits per heavy atom. The predicted octanol–water partition coefficient (Wildman–Crippen LogP) is 0.208. The molecule has 0 amide bonds. The first-order chi connectivity index (χ1) is 6.66. The molecular weight excluding hydrogens is 299 g/mol. The molecule has 2 radical (unpaired) electrons. The van der Waals surface area contributed by atoms with Gasteiger partial charge in [0.15, 0.2) is 0 Å². The fraction of sp³-hybridized carbons (Fsp3) is 0.571. The van der Waals surface area contributed by atoms with Crippen LogP contribution >= 0.6 is 0 Å². The van der Waals surface area contributed by atoms with Crippen LogP contribution in [0.1, 0.15) is 19.8 Å². The molecular formula is C7H16O6Sn. The molecule has 0 saturated carbocycles. The smallest absolute Gasteiger partial charge is 0.290 e. The third kappa shape index (κ3) is 800. The summed E-state index contributed by atoms with van der Waals surface area (Å²) in [5.74, 6) is 0. The zero-order valence-electron chi connectivity index (χ0n) is 8.00. The maximum Gasteiger partial charge on any atom is 0.290 e. The molecule has 7 heteroatoms. The second-order valence-electron chi connectivity index (χ2n) is 1.46. The Morgan fingerprint density at radius 2 is 1.21 bits per heavy atom. The van der Waals surface area contributed by atoms with Crippen molar-refractivity contribution in [2.45, 2.75) is 24.2 Å². The summed E-state index contributed by atoms with van der Waals surface area (Å²) in [6.07, 6.45) is 2.82. The van der Waals surface area contributed by atoms with E-state index >= 15 is 0 Å². The molecule has 3 N–H and O–H groups in total. The van der Waals surface area contributed by atoms with E-state index in [0.29, 0.717) is 0 Å². The van der Waals surface area contributed by atoms with E-state index in [1.54, 1.807) is 0 Å². The summed E-state index contributed by atoms with van der Waals surface area (Å²) in [6, 6.07) is 0. The Bertz CT molecular complexity index is 81.9. The summed E-state index contributed by atoms with van der Waals surface area (Å²) >= 11 is 1.45. The predicted molar refractivity (Wildman–Crippen MR) is 52.9 cm³/mol.